The number of benzene rings is 1. The van der Waals surface area contributed by atoms with Gasteiger partial charge in [-0.25, -0.2) is 0 Å². The molecule has 0 unspecified atom stereocenters. The highest BCUT2D eigenvalue weighted by atomic mass is 16.3. The summed E-state index contributed by atoms with van der Waals surface area (Å²) in [7, 11) is 0. The van der Waals surface area contributed by atoms with Crippen LogP contribution in [-0.4, -0.2) is 53.6 Å². The van der Waals surface area contributed by atoms with Crippen molar-refractivity contribution in [1.29, 1.82) is 0 Å². The smallest absolute Gasteiger partial charge is 0.243 e. The highest BCUT2D eigenvalue weighted by Gasteiger charge is 2.25. The zero-order chi connectivity index (χ0) is 17.7. The molecule has 1 fully saturated rings. The Hall–Kier alpha value is -1.92. The fourth-order valence-corrected chi connectivity index (χ4v) is 2.95. The molecule has 1 aliphatic heterocycles. The molecule has 0 spiro atoms. The lowest BCUT2D eigenvalue weighted by Gasteiger charge is -2.33. The van der Waals surface area contributed by atoms with Crippen LogP contribution in [0.25, 0.3) is 0 Å². The van der Waals surface area contributed by atoms with Crippen molar-refractivity contribution < 1.29 is 14.7 Å². The average Bonchev–Trinajstić information content (AvgIpc) is 2.56. The van der Waals surface area contributed by atoms with Gasteiger partial charge in [0.15, 0.2) is 0 Å². The number of aryl methyl sites for hydroxylation is 2. The molecule has 0 saturated carbocycles. The van der Waals surface area contributed by atoms with Gasteiger partial charge in [0.1, 0.15) is 0 Å². The summed E-state index contributed by atoms with van der Waals surface area (Å²) in [5.74, 6) is -0.398. The number of hydrogen-bond donors (Lipinski definition) is 3. The molecular weight excluding hydrogens is 306 g/mol. The van der Waals surface area contributed by atoms with Crippen LogP contribution in [0.5, 0.6) is 0 Å². The Morgan fingerprint density at radius 3 is 2.42 bits per heavy atom. The van der Waals surface area contributed by atoms with Crippen molar-refractivity contribution in [2.24, 2.45) is 0 Å². The largest absolute Gasteiger partial charge is 0.393 e. The number of hydrogen-bond acceptors (Lipinski definition) is 4. The first-order valence-corrected chi connectivity index (χ1v) is 8.44. The van der Waals surface area contributed by atoms with Crippen molar-refractivity contribution in [3.63, 3.8) is 0 Å². The van der Waals surface area contributed by atoms with Gasteiger partial charge in [0.25, 0.3) is 0 Å². The maximum absolute atomic E-state index is 12.2. The Balaban J connectivity index is 1.81. The molecule has 0 aromatic heterocycles. The second-order valence-electron chi connectivity index (χ2n) is 6.48. The Bertz CT molecular complexity index is 575. The predicted molar refractivity (Wildman–Crippen MR) is 93.8 cm³/mol. The monoisotopic (exact) mass is 333 g/mol. The molecule has 24 heavy (non-hydrogen) atoms. The van der Waals surface area contributed by atoms with Gasteiger partial charge >= 0.3 is 0 Å². The van der Waals surface area contributed by atoms with E-state index in [1.54, 1.807) is 0 Å². The van der Waals surface area contributed by atoms with Gasteiger partial charge in [-0.05, 0) is 44.7 Å². The van der Waals surface area contributed by atoms with Crippen LogP contribution in [0.4, 0.5) is 5.69 Å². The van der Waals surface area contributed by atoms with Crippen molar-refractivity contribution >= 4 is 17.5 Å². The minimum absolute atomic E-state index is 0.0482. The van der Waals surface area contributed by atoms with Gasteiger partial charge in [-0.2, -0.15) is 0 Å². The predicted octanol–water partition coefficient (Wildman–Crippen LogP) is 1.20. The molecular formula is C18H27N3O3. The Morgan fingerprint density at radius 2 is 1.83 bits per heavy atom. The summed E-state index contributed by atoms with van der Waals surface area (Å²) in [6, 6.07) is 5.52. The van der Waals surface area contributed by atoms with Gasteiger partial charge in [0.2, 0.25) is 11.8 Å². The zero-order valence-electron chi connectivity index (χ0n) is 14.6. The number of carbonyl (C=O) groups excluding carboxylic acids is 2. The number of aliphatic hydroxyl groups is 1. The van der Waals surface area contributed by atoms with E-state index in [1.807, 2.05) is 43.9 Å². The summed E-state index contributed by atoms with van der Waals surface area (Å²) in [5, 5.41) is 15.1. The van der Waals surface area contributed by atoms with Crippen LogP contribution in [0.2, 0.25) is 0 Å². The summed E-state index contributed by atoms with van der Waals surface area (Å²) in [6.07, 6.45) is 1.11. The molecule has 0 radical (unpaired) electrons. The van der Waals surface area contributed by atoms with E-state index in [0.717, 1.165) is 16.8 Å². The summed E-state index contributed by atoms with van der Waals surface area (Å²) in [6.45, 7) is 7.06. The molecule has 1 heterocycles. The third-order valence-electron chi connectivity index (χ3n) is 4.59. The normalized spacial score (nSPS) is 17.3. The summed E-state index contributed by atoms with van der Waals surface area (Å²) < 4.78 is 0. The number of nitrogens with zero attached hydrogens (tertiary/aromatic N) is 1. The van der Waals surface area contributed by atoms with E-state index in [-0.39, 0.29) is 30.5 Å². The topological polar surface area (TPSA) is 81.7 Å². The van der Waals surface area contributed by atoms with E-state index >= 15 is 0 Å². The van der Waals surface area contributed by atoms with E-state index in [2.05, 4.69) is 10.6 Å². The van der Waals surface area contributed by atoms with Crippen LogP contribution in [0.1, 0.15) is 30.9 Å². The average molecular weight is 333 g/mol. The highest BCUT2D eigenvalue weighted by molar-refractivity contribution is 5.96. The lowest BCUT2D eigenvalue weighted by molar-refractivity contribution is -0.128. The number of likely N-dealkylation sites (tertiary alicyclic amines) is 1. The van der Waals surface area contributed by atoms with E-state index in [4.69, 9.17) is 0 Å². The van der Waals surface area contributed by atoms with Gasteiger partial charge in [-0.3, -0.25) is 14.5 Å². The van der Waals surface area contributed by atoms with Crippen LogP contribution < -0.4 is 10.6 Å². The number of rotatable bonds is 5. The van der Waals surface area contributed by atoms with Crippen molar-refractivity contribution in [3.8, 4) is 0 Å². The minimum atomic E-state index is -0.300. The third kappa shape index (κ3) is 4.79. The molecule has 1 aromatic rings. The van der Waals surface area contributed by atoms with E-state index in [1.165, 1.54) is 0 Å². The molecule has 1 saturated heterocycles. The van der Waals surface area contributed by atoms with Crippen LogP contribution in [0.3, 0.4) is 0 Å². The molecule has 1 aromatic carbocycles. The zero-order valence-corrected chi connectivity index (χ0v) is 14.6. The number of para-hydroxylation sites is 1. The number of nitrogens with one attached hydrogen (secondary N) is 2. The Morgan fingerprint density at radius 1 is 1.25 bits per heavy atom. The quantitative estimate of drug-likeness (QED) is 0.756. The fourth-order valence-electron chi connectivity index (χ4n) is 2.95. The van der Waals surface area contributed by atoms with E-state index < -0.39 is 0 Å². The maximum Gasteiger partial charge on any atom is 0.243 e. The summed E-state index contributed by atoms with van der Waals surface area (Å²) in [5.41, 5.74) is 2.79. The van der Waals surface area contributed by atoms with Crippen molar-refractivity contribution in [2.45, 2.75) is 45.8 Å². The molecule has 0 bridgehead atoms. The standard InChI is InChI=1S/C18H27N3O3/c1-12-5-4-6-13(2)17(12)20-16(23)11-19-18(24)14(3)21-9-7-15(22)8-10-21/h4-6,14-15,22H,7-11H2,1-3H3,(H,19,24)(H,20,23)/t14-/m0/s1. The Kier molecular flexibility index (Phi) is 6.34. The number of amides is 2. The maximum atomic E-state index is 12.2. The first-order chi connectivity index (χ1) is 11.4. The minimum Gasteiger partial charge on any atom is -0.393 e. The number of piperidine rings is 1. The third-order valence-corrected chi connectivity index (χ3v) is 4.59. The summed E-state index contributed by atoms with van der Waals surface area (Å²) in [4.78, 5) is 26.3. The molecule has 1 aliphatic rings. The Labute approximate surface area is 143 Å². The molecule has 6 nitrogen and oxygen atoms in total. The summed E-state index contributed by atoms with van der Waals surface area (Å²) >= 11 is 0. The number of anilines is 1. The SMILES string of the molecule is Cc1cccc(C)c1NC(=O)CNC(=O)[C@H](C)N1CCC(O)CC1. The lowest BCUT2D eigenvalue weighted by atomic mass is 10.1. The van der Waals surface area contributed by atoms with Crippen LogP contribution in [-0.2, 0) is 9.59 Å². The van der Waals surface area contributed by atoms with Crippen LogP contribution >= 0.6 is 0 Å². The second-order valence-corrected chi connectivity index (χ2v) is 6.48. The van der Waals surface area contributed by atoms with Crippen LogP contribution in [0, 0.1) is 13.8 Å². The molecule has 6 heteroatoms. The first-order valence-electron chi connectivity index (χ1n) is 8.44. The van der Waals surface area contributed by atoms with Crippen molar-refractivity contribution in [3.05, 3.63) is 29.3 Å². The number of carbonyl (C=O) groups is 2. The van der Waals surface area contributed by atoms with Crippen LogP contribution in [0.15, 0.2) is 18.2 Å². The molecule has 0 aliphatic carbocycles. The van der Waals surface area contributed by atoms with Crippen molar-refractivity contribution in [1.82, 2.24) is 10.2 Å². The van der Waals surface area contributed by atoms with E-state index in [0.29, 0.717) is 25.9 Å². The first kappa shape index (κ1) is 18.4. The second kappa shape index (κ2) is 8.26. The van der Waals surface area contributed by atoms with Gasteiger partial charge in [-0.15, -0.1) is 0 Å². The molecule has 132 valence electrons. The number of aliphatic hydroxyl groups excluding tert-OH is 1. The van der Waals surface area contributed by atoms with Gasteiger partial charge in [-0.1, -0.05) is 18.2 Å². The lowest BCUT2D eigenvalue weighted by Crippen LogP contribution is -2.50. The highest BCUT2D eigenvalue weighted by Crippen LogP contribution is 2.19. The molecule has 2 rings (SSSR count). The fraction of sp³-hybridized carbons (Fsp3) is 0.556. The van der Waals surface area contributed by atoms with Gasteiger partial charge in [0, 0.05) is 18.8 Å². The van der Waals surface area contributed by atoms with Gasteiger partial charge < -0.3 is 15.7 Å². The van der Waals surface area contributed by atoms with Crippen molar-refractivity contribution in [2.75, 3.05) is 25.0 Å². The van der Waals surface area contributed by atoms with E-state index in [9.17, 15) is 14.7 Å². The molecule has 2 amide bonds. The molecule has 1 atom stereocenters. The molecule has 3 N–H and O–H groups in total. The van der Waals surface area contributed by atoms with Gasteiger partial charge in [0.05, 0.1) is 18.7 Å².